The van der Waals surface area contributed by atoms with E-state index in [-0.39, 0.29) is 17.9 Å². The number of amides is 1. The summed E-state index contributed by atoms with van der Waals surface area (Å²) in [5, 5.41) is 19.3. The van der Waals surface area contributed by atoms with Crippen LogP contribution in [0.15, 0.2) is 41.8 Å². The van der Waals surface area contributed by atoms with Crippen LogP contribution in [0.25, 0.3) is 22.3 Å². The van der Waals surface area contributed by atoms with Gasteiger partial charge in [-0.25, -0.2) is 14.8 Å². The lowest BCUT2D eigenvalue weighted by molar-refractivity contribution is -0.143. The number of hydrogen-bond acceptors (Lipinski definition) is 10. The largest absolute Gasteiger partial charge is 0.497 e. The SMILES string of the molecule is CNc1nc(-c2cc(O[C@@H]3CC(C(=O)NC(C(=O)O)C(C)/C=C\CCCCCCC=O)N(C)C3)c3ccc(OC)cc3n2)cs1. The number of aliphatic carboxylic acids is 1. The van der Waals surface area contributed by atoms with Crippen molar-refractivity contribution in [3.05, 3.63) is 41.8 Å². The molecule has 0 radical (unpaired) electrons. The predicted octanol–water partition coefficient (Wildman–Crippen LogP) is 5.16. The van der Waals surface area contributed by atoms with E-state index in [0.29, 0.717) is 42.1 Å². The molecule has 1 fully saturated rings. The molecule has 12 heteroatoms. The van der Waals surface area contributed by atoms with Gasteiger partial charge in [-0.05, 0) is 38.4 Å². The highest BCUT2D eigenvalue weighted by molar-refractivity contribution is 7.14. The maximum Gasteiger partial charge on any atom is 0.326 e. The minimum atomic E-state index is -1.07. The molecule has 3 heterocycles. The van der Waals surface area contributed by atoms with Gasteiger partial charge in [-0.15, -0.1) is 11.3 Å². The van der Waals surface area contributed by atoms with Gasteiger partial charge in [0.2, 0.25) is 5.91 Å². The topological polar surface area (TPSA) is 143 Å². The fraction of sp³-hybridized carbons (Fsp3) is 0.485. The van der Waals surface area contributed by atoms with Crippen molar-refractivity contribution in [2.24, 2.45) is 5.92 Å². The number of nitrogens with one attached hydrogen (secondary N) is 2. The van der Waals surface area contributed by atoms with Crippen LogP contribution in [0, 0.1) is 5.92 Å². The maximum absolute atomic E-state index is 13.4. The Morgan fingerprint density at radius 2 is 1.93 bits per heavy atom. The van der Waals surface area contributed by atoms with E-state index in [1.807, 2.05) is 60.8 Å². The number of likely N-dealkylation sites (N-methyl/N-ethyl adjacent to an activating group) is 1. The standard InChI is InChI=1S/C33H43N5O6S/c1-21(12-10-8-6-5-7-9-11-15-39)30(32(41)42)37-31(40)28-17-23(19-38(28)3)44-29-18-26(27-20-45-33(34-2)36-27)35-25-16-22(43-4)13-14-24(25)29/h10,12-16,18,20-21,23,28,30H,5-9,11,17,19H2,1-4H3,(H,34,36)(H,37,40)(H,41,42)/b12-10-/t21?,23-,28?,30?/m1/s1. The van der Waals surface area contributed by atoms with Crippen molar-refractivity contribution in [3.8, 4) is 22.9 Å². The number of pyridine rings is 1. The van der Waals surface area contributed by atoms with Gasteiger partial charge in [0.25, 0.3) is 0 Å². The van der Waals surface area contributed by atoms with Crippen LogP contribution >= 0.6 is 11.3 Å². The molecule has 0 saturated carbocycles. The van der Waals surface area contributed by atoms with Gasteiger partial charge < -0.3 is 30.0 Å². The van der Waals surface area contributed by atoms with Crippen molar-refractivity contribution in [2.75, 3.05) is 33.1 Å². The van der Waals surface area contributed by atoms with Crippen LogP contribution < -0.4 is 20.1 Å². The van der Waals surface area contributed by atoms with Crippen molar-refractivity contribution in [1.82, 2.24) is 20.2 Å². The zero-order valence-electron chi connectivity index (χ0n) is 26.3. The lowest BCUT2D eigenvalue weighted by atomic mass is 9.99. The Hall–Kier alpha value is -4.03. The molecule has 1 saturated heterocycles. The zero-order valence-corrected chi connectivity index (χ0v) is 27.1. The van der Waals surface area contributed by atoms with E-state index >= 15 is 0 Å². The van der Waals surface area contributed by atoms with Gasteiger partial charge in [0.05, 0.1) is 24.4 Å². The van der Waals surface area contributed by atoms with Crippen molar-refractivity contribution < 1.29 is 29.0 Å². The van der Waals surface area contributed by atoms with Gasteiger partial charge in [0.1, 0.15) is 35.6 Å². The summed E-state index contributed by atoms with van der Waals surface area (Å²) in [7, 11) is 5.27. The quantitative estimate of drug-likeness (QED) is 0.103. The minimum absolute atomic E-state index is 0.304. The number of aldehydes is 1. The molecule has 11 nitrogen and oxygen atoms in total. The fourth-order valence-electron chi connectivity index (χ4n) is 5.50. The Balaban J connectivity index is 1.42. The normalized spacial score (nSPS) is 18.1. The third kappa shape index (κ3) is 9.01. The minimum Gasteiger partial charge on any atom is -0.497 e. The lowest BCUT2D eigenvalue weighted by Gasteiger charge is -2.23. The molecule has 0 aliphatic carbocycles. The highest BCUT2D eigenvalue weighted by Crippen LogP contribution is 2.35. The summed E-state index contributed by atoms with van der Waals surface area (Å²) in [5.41, 5.74) is 2.08. The first-order valence-electron chi connectivity index (χ1n) is 15.4. The van der Waals surface area contributed by atoms with E-state index in [1.165, 1.54) is 11.3 Å². The third-order valence-electron chi connectivity index (χ3n) is 8.04. The first kappa shape index (κ1) is 33.9. The summed E-state index contributed by atoms with van der Waals surface area (Å²) < 4.78 is 11.9. The number of allylic oxidation sites excluding steroid dienone is 1. The van der Waals surface area contributed by atoms with Crippen molar-refractivity contribution in [2.45, 2.75) is 70.1 Å². The number of nitrogens with zero attached hydrogens (tertiary/aromatic N) is 3. The molecule has 1 aromatic carbocycles. The van der Waals surface area contributed by atoms with Crippen LogP contribution in [0.5, 0.6) is 11.5 Å². The summed E-state index contributed by atoms with van der Waals surface area (Å²) in [4.78, 5) is 47.2. The number of thiazole rings is 1. The van der Waals surface area contributed by atoms with Crippen LogP contribution in [0.4, 0.5) is 5.13 Å². The van der Waals surface area contributed by atoms with Crippen LogP contribution in [0.1, 0.15) is 51.9 Å². The number of anilines is 1. The second-order valence-corrected chi connectivity index (χ2v) is 12.2. The highest BCUT2D eigenvalue weighted by Gasteiger charge is 2.38. The number of likely N-dealkylation sites (tertiary alicyclic amines) is 1. The number of fused-ring (bicyclic) bond motifs is 1. The Morgan fingerprint density at radius 3 is 2.62 bits per heavy atom. The number of aromatic nitrogens is 2. The maximum atomic E-state index is 13.4. The van der Waals surface area contributed by atoms with E-state index in [4.69, 9.17) is 14.5 Å². The van der Waals surface area contributed by atoms with E-state index in [9.17, 15) is 19.5 Å². The molecule has 1 amide bonds. The molecular weight excluding hydrogens is 594 g/mol. The van der Waals surface area contributed by atoms with Crippen molar-refractivity contribution in [3.63, 3.8) is 0 Å². The van der Waals surface area contributed by atoms with E-state index in [2.05, 4.69) is 15.6 Å². The number of carboxylic acids is 1. The average molecular weight is 638 g/mol. The van der Waals surface area contributed by atoms with Crippen LogP contribution in [-0.4, -0.2) is 84.1 Å². The van der Waals surface area contributed by atoms with Gasteiger partial charge in [0, 0.05) is 55.3 Å². The van der Waals surface area contributed by atoms with Crippen molar-refractivity contribution in [1.29, 1.82) is 0 Å². The van der Waals surface area contributed by atoms with Gasteiger partial charge in [-0.1, -0.05) is 31.9 Å². The molecule has 2 aromatic heterocycles. The first-order chi connectivity index (χ1) is 21.7. The highest BCUT2D eigenvalue weighted by atomic mass is 32.1. The van der Waals surface area contributed by atoms with Gasteiger partial charge >= 0.3 is 5.97 Å². The van der Waals surface area contributed by atoms with E-state index in [1.54, 1.807) is 14.0 Å². The summed E-state index contributed by atoms with van der Waals surface area (Å²) in [6, 6.07) is 5.90. The van der Waals surface area contributed by atoms with E-state index < -0.39 is 18.1 Å². The van der Waals surface area contributed by atoms with Crippen molar-refractivity contribution >= 4 is 45.5 Å². The Kier molecular flexibility index (Phi) is 12.3. The van der Waals surface area contributed by atoms with Crippen LogP contribution in [-0.2, 0) is 14.4 Å². The molecule has 242 valence electrons. The van der Waals surface area contributed by atoms with E-state index in [0.717, 1.165) is 54.6 Å². The summed E-state index contributed by atoms with van der Waals surface area (Å²) in [6.45, 7) is 2.29. The molecule has 1 aliphatic heterocycles. The molecule has 0 spiro atoms. The Morgan fingerprint density at radius 1 is 1.16 bits per heavy atom. The number of carbonyl (C=O) groups is 3. The molecule has 3 N–H and O–H groups in total. The Bertz CT molecular complexity index is 1490. The zero-order chi connectivity index (χ0) is 32.3. The molecular formula is C33H43N5O6S. The smallest absolute Gasteiger partial charge is 0.326 e. The molecule has 3 aromatic rings. The van der Waals surface area contributed by atoms with Crippen LogP contribution in [0.3, 0.4) is 0 Å². The van der Waals surface area contributed by atoms with Crippen LogP contribution in [0.2, 0.25) is 0 Å². The summed E-state index contributed by atoms with van der Waals surface area (Å²) >= 11 is 1.48. The number of carbonyl (C=O) groups excluding carboxylic acids is 2. The summed E-state index contributed by atoms with van der Waals surface area (Å²) in [6.07, 6.45) is 10.2. The van der Waals surface area contributed by atoms with Gasteiger partial charge in [-0.3, -0.25) is 9.69 Å². The lowest BCUT2D eigenvalue weighted by Crippen LogP contribution is -2.50. The summed E-state index contributed by atoms with van der Waals surface area (Å²) in [5.74, 6) is -0.487. The molecule has 0 bridgehead atoms. The number of rotatable bonds is 17. The number of methoxy groups -OCH3 is 1. The molecule has 4 rings (SSSR count). The monoisotopic (exact) mass is 637 g/mol. The predicted molar refractivity (Wildman–Crippen MR) is 176 cm³/mol. The third-order valence-corrected chi connectivity index (χ3v) is 8.90. The molecule has 3 unspecified atom stereocenters. The molecule has 45 heavy (non-hydrogen) atoms. The second kappa shape index (κ2) is 16.3. The number of carboxylic acid groups (broad SMARTS) is 1. The van der Waals surface area contributed by atoms with Gasteiger partial charge in [0.15, 0.2) is 5.13 Å². The molecule has 4 atom stereocenters. The number of unbranched alkanes of at least 4 members (excludes halogenated alkanes) is 5. The number of benzene rings is 1. The van der Waals surface area contributed by atoms with Gasteiger partial charge in [-0.2, -0.15) is 0 Å². The number of hydrogen-bond donors (Lipinski definition) is 3. The molecule has 1 aliphatic rings. The first-order valence-corrected chi connectivity index (χ1v) is 16.2. The fourth-order valence-corrected chi connectivity index (χ4v) is 6.16. The number of ether oxygens (including phenoxy) is 2. The Labute approximate surface area is 268 Å². The average Bonchev–Trinajstić information content (AvgIpc) is 3.66. The second-order valence-electron chi connectivity index (χ2n) is 11.4.